The Labute approximate surface area is 114 Å². The first kappa shape index (κ1) is 12.8. The summed E-state index contributed by atoms with van der Waals surface area (Å²) in [5, 5.41) is 3.13. The van der Waals surface area contributed by atoms with Gasteiger partial charge in [-0.05, 0) is 30.7 Å². The third-order valence-electron chi connectivity index (χ3n) is 2.17. The summed E-state index contributed by atoms with van der Waals surface area (Å²) in [5.74, 6) is -0.383. The Morgan fingerprint density at radius 3 is 2.83 bits per heavy atom. The number of anilines is 1. The Hall–Kier alpha value is -1.65. The molecular formula is C12H9Cl2N3O. The van der Waals surface area contributed by atoms with Gasteiger partial charge in [-0.25, -0.2) is 9.97 Å². The molecule has 0 aliphatic heterocycles. The van der Waals surface area contributed by atoms with Crippen LogP contribution in [0.5, 0.6) is 0 Å². The maximum absolute atomic E-state index is 11.9. The number of hydrogen-bond donors (Lipinski definition) is 1. The molecule has 1 amide bonds. The molecule has 4 nitrogen and oxygen atoms in total. The zero-order chi connectivity index (χ0) is 13.1. The molecule has 0 atom stereocenters. The summed E-state index contributed by atoms with van der Waals surface area (Å²) in [4.78, 5) is 19.8. The summed E-state index contributed by atoms with van der Waals surface area (Å²) in [7, 11) is 0. The molecule has 0 fully saturated rings. The van der Waals surface area contributed by atoms with Gasteiger partial charge in [0.15, 0.2) is 5.15 Å². The molecule has 0 unspecified atom stereocenters. The molecule has 0 aromatic carbocycles. The molecule has 2 aromatic rings. The third kappa shape index (κ3) is 2.97. The average Bonchev–Trinajstić information content (AvgIpc) is 2.34. The van der Waals surface area contributed by atoms with Crippen LogP contribution in [-0.2, 0) is 0 Å². The minimum atomic E-state index is -0.383. The number of pyridine rings is 2. The zero-order valence-electron chi connectivity index (χ0n) is 9.45. The van der Waals surface area contributed by atoms with Crippen LogP contribution in [0.3, 0.4) is 0 Å². The fourth-order valence-corrected chi connectivity index (χ4v) is 1.68. The van der Waals surface area contributed by atoms with Crippen molar-refractivity contribution in [2.24, 2.45) is 0 Å². The third-order valence-corrected chi connectivity index (χ3v) is 2.68. The number of carbonyl (C=O) groups excluding carboxylic acids is 1. The smallest absolute Gasteiger partial charge is 0.274 e. The second-order valence-electron chi connectivity index (χ2n) is 3.65. The summed E-state index contributed by atoms with van der Waals surface area (Å²) in [6.07, 6.45) is 1.62. The zero-order valence-corrected chi connectivity index (χ0v) is 11.0. The van der Waals surface area contributed by atoms with Crippen molar-refractivity contribution in [2.45, 2.75) is 6.92 Å². The van der Waals surface area contributed by atoms with Crippen molar-refractivity contribution in [3.05, 3.63) is 52.0 Å². The van der Waals surface area contributed by atoms with Crippen molar-refractivity contribution in [1.82, 2.24) is 9.97 Å². The van der Waals surface area contributed by atoms with E-state index in [9.17, 15) is 4.79 Å². The Morgan fingerprint density at radius 1 is 1.33 bits per heavy atom. The number of nitrogens with one attached hydrogen (secondary N) is 1. The Kier molecular flexibility index (Phi) is 3.79. The lowest BCUT2D eigenvalue weighted by molar-refractivity contribution is 0.102. The molecule has 6 heteroatoms. The molecule has 18 heavy (non-hydrogen) atoms. The van der Waals surface area contributed by atoms with E-state index >= 15 is 0 Å². The number of halogens is 2. The molecule has 0 bridgehead atoms. The van der Waals surface area contributed by atoms with Crippen LogP contribution in [-0.4, -0.2) is 15.9 Å². The van der Waals surface area contributed by atoms with E-state index in [0.29, 0.717) is 5.69 Å². The largest absolute Gasteiger partial charge is 0.318 e. The van der Waals surface area contributed by atoms with Crippen molar-refractivity contribution >= 4 is 34.8 Å². The number of rotatable bonds is 2. The first-order valence-corrected chi connectivity index (χ1v) is 5.88. The van der Waals surface area contributed by atoms with Gasteiger partial charge in [0.25, 0.3) is 5.91 Å². The van der Waals surface area contributed by atoms with Gasteiger partial charge in [-0.3, -0.25) is 4.79 Å². The first-order chi connectivity index (χ1) is 8.56. The Bertz CT molecular complexity index is 602. The highest BCUT2D eigenvalue weighted by atomic mass is 35.5. The maximum Gasteiger partial charge on any atom is 0.274 e. The molecule has 0 radical (unpaired) electrons. The van der Waals surface area contributed by atoms with E-state index in [1.807, 2.05) is 6.92 Å². The van der Waals surface area contributed by atoms with Crippen molar-refractivity contribution in [3.8, 4) is 0 Å². The normalized spacial score (nSPS) is 10.2. The van der Waals surface area contributed by atoms with Gasteiger partial charge >= 0.3 is 0 Å². The highest BCUT2D eigenvalue weighted by molar-refractivity contribution is 6.32. The SMILES string of the molecule is Cc1cnc(Cl)c(NC(=O)c2cccc(Cl)n2)c1. The van der Waals surface area contributed by atoms with E-state index < -0.39 is 0 Å². The molecule has 0 aliphatic carbocycles. The predicted octanol–water partition coefficient (Wildman–Crippen LogP) is 3.34. The molecule has 0 saturated carbocycles. The van der Waals surface area contributed by atoms with Gasteiger partial charge < -0.3 is 5.32 Å². The summed E-state index contributed by atoms with van der Waals surface area (Å²) in [5.41, 5.74) is 1.57. The highest BCUT2D eigenvalue weighted by Crippen LogP contribution is 2.20. The van der Waals surface area contributed by atoms with Crippen LogP contribution in [0.1, 0.15) is 16.1 Å². The lowest BCUT2D eigenvalue weighted by Crippen LogP contribution is -2.14. The van der Waals surface area contributed by atoms with Crippen LogP contribution in [0, 0.1) is 6.92 Å². The maximum atomic E-state index is 11.9. The van der Waals surface area contributed by atoms with Crippen molar-refractivity contribution in [1.29, 1.82) is 0 Å². The van der Waals surface area contributed by atoms with Crippen molar-refractivity contribution in [2.75, 3.05) is 5.32 Å². The molecule has 0 spiro atoms. The number of aryl methyl sites for hydroxylation is 1. The topological polar surface area (TPSA) is 54.9 Å². The summed E-state index contributed by atoms with van der Waals surface area (Å²) in [6.45, 7) is 1.86. The fraction of sp³-hybridized carbons (Fsp3) is 0.0833. The Balaban J connectivity index is 2.24. The molecule has 2 aromatic heterocycles. The molecule has 2 heterocycles. The fourth-order valence-electron chi connectivity index (χ4n) is 1.36. The highest BCUT2D eigenvalue weighted by Gasteiger charge is 2.10. The minimum Gasteiger partial charge on any atom is -0.318 e. The summed E-state index contributed by atoms with van der Waals surface area (Å²) >= 11 is 11.6. The quantitative estimate of drug-likeness (QED) is 0.859. The molecule has 92 valence electrons. The first-order valence-electron chi connectivity index (χ1n) is 5.12. The van der Waals surface area contributed by atoms with Gasteiger partial charge in [-0.1, -0.05) is 29.3 Å². The van der Waals surface area contributed by atoms with Crippen molar-refractivity contribution in [3.63, 3.8) is 0 Å². The van der Waals surface area contributed by atoms with Crippen molar-refractivity contribution < 1.29 is 4.79 Å². The number of hydrogen-bond acceptors (Lipinski definition) is 3. The van der Waals surface area contributed by atoms with E-state index in [0.717, 1.165) is 5.56 Å². The molecule has 0 aliphatic rings. The predicted molar refractivity (Wildman–Crippen MR) is 71.2 cm³/mol. The second kappa shape index (κ2) is 5.33. The number of carbonyl (C=O) groups is 1. The van der Waals surface area contributed by atoms with E-state index in [-0.39, 0.29) is 21.9 Å². The molecular weight excluding hydrogens is 273 g/mol. The van der Waals surface area contributed by atoms with E-state index in [1.165, 1.54) is 0 Å². The van der Waals surface area contributed by atoms with E-state index in [1.54, 1.807) is 30.5 Å². The average molecular weight is 282 g/mol. The number of aromatic nitrogens is 2. The van der Waals surface area contributed by atoms with Crippen LogP contribution >= 0.6 is 23.2 Å². The standard InChI is InChI=1S/C12H9Cl2N3O/c1-7-5-9(11(14)15-6-7)17-12(18)8-3-2-4-10(13)16-8/h2-6H,1H3,(H,17,18). The monoisotopic (exact) mass is 281 g/mol. The molecule has 2 rings (SSSR count). The van der Waals surface area contributed by atoms with Crippen LogP contribution in [0.4, 0.5) is 5.69 Å². The van der Waals surface area contributed by atoms with Crippen LogP contribution in [0.25, 0.3) is 0 Å². The van der Waals surface area contributed by atoms with Crippen LogP contribution in [0.15, 0.2) is 30.5 Å². The summed E-state index contributed by atoms with van der Waals surface area (Å²) < 4.78 is 0. The van der Waals surface area contributed by atoms with Crippen LogP contribution < -0.4 is 5.32 Å². The minimum absolute atomic E-state index is 0.222. The lowest BCUT2D eigenvalue weighted by Gasteiger charge is -2.07. The van der Waals surface area contributed by atoms with E-state index in [2.05, 4.69) is 15.3 Å². The van der Waals surface area contributed by atoms with Gasteiger partial charge in [0.2, 0.25) is 0 Å². The van der Waals surface area contributed by atoms with Gasteiger partial charge in [0, 0.05) is 6.20 Å². The Morgan fingerprint density at radius 2 is 2.11 bits per heavy atom. The van der Waals surface area contributed by atoms with Crippen LogP contribution in [0.2, 0.25) is 10.3 Å². The van der Waals surface area contributed by atoms with Gasteiger partial charge in [-0.15, -0.1) is 0 Å². The lowest BCUT2D eigenvalue weighted by atomic mass is 10.3. The van der Waals surface area contributed by atoms with Gasteiger partial charge in [0.1, 0.15) is 10.8 Å². The molecule has 0 saturated heterocycles. The second-order valence-corrected chi connectivity index (χ2v) is 4.40. The van der Waals surface area contributed by atoms with E-state index in [4.69, 9.17) is 23.2 Å². The summed E-state index contributed by atoms with van der Waals surface area (Å²) in [6, 6.07) is 6.55. The number of amides is 1. The number of nitrogens with zero attached hydrogens (tertiary/aromatic N) is 2. The van der Waals surface area contributed by atoms with Gasteiger partial charge in [-0.2, -0.15) is 0 Å². The molecule has 1 N–H and O–H groups in total. The van der Waals surface area contributed by atoms with Gasteiger partial charge in [0.05, 0.1) is 5.69 Å².